The third kappa shape index (κ3) is 1.22. The molecule has 0 aromatic carbocycles. The van der Waals surface area contributed by atoms with E-state index < -0.39 is 5.97 Å². The first-order valence-electron chi connectivity index (χ1n) is 4.09. The fourth-order valence-corrected chi connectivity index (χ4v) is 1.72. The molecule has 4 heteroatoms. The smallest absolute Gasteiger partial charge is 0.317 e. The topological polar surface area (TPSA) is 52.6 Å². The Labute approximate surface area is 69.8 Å². The van der Waals surface area contributed by atoms with Crippen molar-refractivity contribution in [1.29, 1.82) is 0 Å². The number of hydrogen-bond donors (Lipinski definition) is 0. The summed E-state index contributed by atoms with van der Waals surface area (Å²) in [5, 5.41) is 0. The summed E-state index contributed by atoms with van der Waals surface area (Å²) in [4.78, 5) is 21.8. The van der Waals surface area contributed by atoms with Crippen molar-refractivity contribution in [1.82, 2.24) is 0 Å². The van der Waals surface area contributed by atoms with Crippen LogP contribution in [0.4, 0.5) is 0 Å². The van der Waals surface area contributed by atoms with Gasteiger partial charge in [-0.05, 0) is 12.3 Å². The quantitative estimate of drug-likeness (QED) is 0.414. The SMILES string of the molecule is O=C1CC(C2CCOC2)C(=O)O1. The molecule has 4 nitrogen and oxygen atoms in total. The van der Waals surface area contributed by atoms with Crippen LogP contribution < -0.4 is 0 Å². The summed E-state index contributed by atoms with van der Waals surface area (Å²) in [5.41, 5.74) is 0. The van der Waals surface area contributed by atoms with Crippen LogP contribution >= 0.6 is 0 Å². The van der Waals surface area contributed by atoms with Gasteiger partial charge in [-0.1, -0.05) is 0 Å². The van der Waals surface area contributed by atoms with Crippen LogP contribution in [0.2, 0.25) is 0 Å². The van der Waals surface area contributed by atoms with E-state index in [2.05, 4.69) is 4.74 Å². The molecule has 0 aromatic heterocycles. The fourth-order valence-electron chi connectivity index (χ4n) is 1.72. The molecule has 2 aliphatic heterocycles. The van der Waals surface area contributed by atoms with Crippen LogP contribution in [0.25, 0.3) is 0 Å². The van der Waals surface area contributed by atoms with Gasteiger partial charge in [-0.15, -0.1) is 0 Å². The van der Waals surface area contributed by atoms with Crippen LogP contribution in [-0.4, -0.2) is 25.2 Å². The Hall–Kier alpha value is -0.900. The zero-order valence-electron chi connectivity index (χ0n) is 6.62. The second-order valence-electron chi connectivity index (χ2n) is 3.23. The molecule has 0 bridgehead atoms. The summed E-state index contributed by atoms with van der Waals surface area (Å²) in [6.45, 7) is 1.29. The Balaban J connectivity index is 2.03. The van der Waals surface area contributed by atoms with Crippen LogP contribution in [0.3, 0.4) is 0 Å². The number of carbonyl (C=O) groups excluding carboxylic acids is 2. The average molecular weight is 170 g/mol. The molecule has 12 heavy (non-hydrogen) atoms. The molecule has 66 valence electrons. The lowest BCUT2D eigenvalue weighted by Gasteiger charge is -2.09. The molecule has 0 N–H and O–H groups in total. The van der Waals surface area contributed by atoms with Gasteiger partial charge in [0.05, 0.1) is 18.9 Å². The van der Waals surface area contributed by atoms with Gasteiger partial charge in [0.15, 0.2) is 0 Å². The van der Waals surface area contributed by atoms with E-state index >= 15 is 0 Å². The minimum Gasteiger partial charge on any atom is -0.393 e. The first kappa shape index (κ1) is 7.73. The lowest BCUT2D eigenvalue weighted by molar-refractivity contribution is -0.153. The van der Waals surface area contributed by atoms with Crippen molar-refractivity contribution < 1.29 is 19.1 Å². The molecule has 0 amide bonds. The number of hydrogen-bond acceptors (Lipinski definition) is 4. The van der Waals surface area contributed by atoms with Gasteiger partial charge in [0.1, 0.15) is 0 Å². The molecule has 2 atom stereocenters. The number of cyclic esters (lactones) is 2. The second-order valence-corrected chi connectivity index (χ2v) is 3.23. The van der Waals surface area contributed by atoms with E-state index in [0.717, 1.165) is 6.42 Å². The molecule has 0 aromatic rings. The fraction of sp³-hybridized carbons (Fsp3) is 0.750. The van der Waals surface area contributed by atoms with Gasteiger partial charge in [0, 0.05) is 6.61 Å². The van der Waals surface area contributed by atoms with Gasteiger partial charge in [0.25, 0.3) is 0 Å². The van der Waals surface area contributed by atoms with E-state index in [1.807, 2.05) is 0 Å². The number of rotatable bonds is 1. The van der Waals surface area contributed by atoms with Crippen LogP contribution in [0.15, 0.2) is 0 Å². The second kappa shape index (κ2) is 2.86. The maximum atomic E-state index is 11.1. The predicted octanol–water partition coefficient (Wildman–Crippen LogP) is 0.113. The summed E-state index contributed by atoms with van der Waals surface area (Å²) < 4.78 is 9.59. The van der Waals surface area contributed by atoms with Crippen LogP contribution in [0, 0.1) is 11.8 Å². The molecule has 0 spiro atoms. The van der Waals surface area contributed by atoms with E-state index in [4.69, 9.17) is 4.74 Å². The van der Waals surface area contributed by atoms with Crippen molar-refractivity contribution in [2.24, 2.45) is 11.8 Å². The first-order chi connectivity index (χ1) is 5.77. The average Bonchev–Trinajstić information content (AvgIpc) is 2.58. The van der Waals surface area contributed by atoms with Gasteiger partial charge in [0.2, 0.25) is 0 Å². The predicted molar refractivity (Wildman–Crippen MR) is 38.1 cm³/mol. The lowest BCUT2D eigenvalue weighted by Crippen LogP contribution is -2.19. The Bertz CT molecular complexity index is 217. The van der Waals surface area contributed by atoms with Crippen LogP contribution in [0.5, 0.6) is 0 Å². The van der Waals surface area contributed by atoms with E-state index in [1.54, 1.807) is 0 Å². The molecular formula is C8H10O4. The Morgan fingerprint density at radius 2 is 2.17 bits per heavy atom. The Morgan fingerprint density at radius 3 is 2.67 bits per heavy atom. The lowest BCUT2D eigenvalue weighted by atomic mass is 9.90. The monoisotopic (exact) mass is 170 g/mol. The molecule has 0 aliphatic carbocycles. The minimum atomic E-state index is -0.392. The summed E-state index contributed by atoms with van der Waals surface area (Å²) in [5.74, 6) is -0.795. The summed E-state index contributed by atoms with van der Waals surface area (Å²) in [6, 6.07) is 0. The molecule has 2 saturated heterocycles. The van der Waals surface area contributed by atoms with E-state index in [9.17, 15) is 9.59 Å². The molecule has 2 heterocycles. The van der Waals surface area contributed by atoms with Crippen LogP contribution in [-0.2, 0) is 19.1 Å². The summed E-state index contributed by atoms with van der Waals surface area (Å²) >= 11 is 0. The minimum absolute atomic E-state index is 0.198. The van der Waals surface area contributed by atoms with Crippen molar-refractivity contribution in [2.45, 2.75) is 12.8 Å². The Morgan fingerprint density at radius 1 is 1.33 bits per heavy atom. The van der Waals surface area contributed by atoms with Gasteiger partial charge < -0.3 is 9.47 Å². The standard InChI is InChI=1S/C8H10O4/c9-7-3-6(8(10)12-7)5-1-2-11-4-5/h5-6H,1-4H2. The zero-order valence-corrected chi connectivity index (χ0v) is 6.62. The molecule has 0 radical (unpaired) electrons. The summed E-state index contributed by atoms with van der Waals surface area (Å²) in [6.07, 6.45) is 1.11. The molecule has 2 rings (SSSR count). The third-order valence-electron chi connectivity index (χ3n) is 2.44. The highest BCUT2D eigenvalue weighted by molar-refractivity contribution is 5.94. The van der Waals surface area contributed by atoms with Gasteiger partial charge >= 0.3 is 11.9 Å². The first-order valence-corrected chi connectivity index (χ1v) is 4.09. The largest absolute Gasteiger partial charge is 0.393 e. The van der Waals surface area contributed by atoms with Gasteiger partial charge in [-0.3, -0.25) is 9.59 Å². The van der Waals surface area contributed by atoms with Crippen molar-refractivity contribution in [3.05, 3.63) is 0 Å². The van der Waals surface area contributed by atoms with Gasteiger partial charge in [-0.2, -0.15) is 0 Å². The van der Waals surface area contributed by atoms with E-state index in [1.165, 1.54) is 0 Å². The molecule has 2 unspecified atom stereocenters. The van der Waals surface area contributed by atoms with Crippen LogP contribution in [0.1, 0.15) is 12.8 Å². The highest BCUT2D eigenvalue weighted by atomic mass is 16.6. The number of ether oxygens (including phenoxy) is 2. The zero-order chi connectivity index (χ0) is 8.55. The number of esters is 2. The van der Waals surface area contributed by atoms with Crippen molar-refractivity contribution in [3.8, 4) is 0 Å². The molecule has 2 aliphatic rings. The van der Waals surface area contributed by atoms with E-state index in [0.29, 0.717) is 13.2 Å². The molecule has 0 saturated carbocycles. The maximum absolute atomic E-state index is 11.1. The maximum Gasteiger partial charge on any atom is 0.317 e. The number of carbonyl (C=O) groups is 2. The van der Waals surface area contributed by atoms with Crippen molar-refractivity contribution >= 4 is 11.9 Å². The Kier molecular flexibility index (Phi) is 1.84. The van der Waals surface area contributed by atoms with Crippen molar-refractivity contribution in [2.75, 3.05) is 13.2 Å². The van der Waals surface area contributed by atoms with Crippen molar-refractivity contribution in [3.63, 3.8) is 0 Å². The highest BCUT2D eigenvalue weighted by Gasteiger charge is 2.40. The third-order valence-corrected chi connectivity index (χ3v) is 2.44. The molecule has 2 fully saturated rings. The van der Waals surface area contributed by atoms with E-state index in [-0.39, 0.29) is 24.2 Å². The summed E-state index contributed by atoms with van der Waals surface area (Å²) in [7, 11) is 0. The molecular weight excluding hydrogens is 160 g/mol. The van der Waals surface area contributed by atoms with Gasteiger partial charge in [-0.25, -0.2) is 0 Å². The normalized spacial score (nSPS) is 35.7. The highest BCUT2D eigenvalue weighted by Crippen LogP contribution is 2.29.